The molecule has 0 saturated heterocycles. The molecular formula is C18H20O3. The molecule has 2 aromatic rings. The predicted octanol–water partition coefficient (Wildman–Crippen LogP) is 3.52. The Morgan fingerprint density at radius 2 is 1.76 bits per heavy atom. The number of carboxylic acid groups (broad SMARTS) is 1. The molecular weight excluding hydrogens is 264 g/mol. The molecule has 3 nitrogen and oxygen atoms in total. The van der Waals surface area contributed by atoms with E-state index in [2.05, 4.69) is 0 Å². The molecule has 0 amide bonds. The minimum absolute atomic E-state index is 0.308. The molecule has 0 fully saturated rings. The van der Waals surface area contributed by atoms with Crippen molar-refractivity contribution in [3.63, 3.8) is 0 Å². The van der Waals surface area contributed by atoms with Gasteiger partial charge in [-0.15, -0.1) is 0 Å². The van der Waals surface area contributed by atoms with Crippen molar-refractivity contribution >= 4 is 5.97 Å². The molecule has 0 spiro atoms. The largest absolute Gasteiger partial charge is 0.479 e. The second-order valence-corrected chi connectivity index (χ2v) is 5.25. The maximum atomic E-state index is 11.4. The summed E-state index contributed by atoms with van der Waals surface area (Å²) in [6, 6.07) is 15.6. The van der Waals surface area contributed by atoms with E-state index in [-0.39, 0.29) is 0 Å². The fourth-order valence-electron chi connectivity index (χ4n) is 2.13. The van der Waals surface area contributed by atoms with Crippen molar-refractivity contribution in [3.8, 4) is 0 Å². The van der Waals surface area contributed by atoms with Gasteiger partial charge in [-0.2, -0.15) is 0 Å². The Balaban J connectivity index is 2.02. The summed E-state index contributed by atoms with van der Waals surface area (Å²) in [4.78, 5) is 11.4. The van der Waals surface area contributed by atoms with Crippen molar-refractivity contribution < 1.29 is 14.6 Å². The van der Waals surface area contributed by atoms with Crippen LogP contribution in [0.15, 0.2) is 48.5 Å². The molecule has 0 aromatic heterocycles. The van der Waals surface area contributed by atoms with E-state index >= 15 is 0 Å². The van der Waals surface area contributed by atoms with Crippen molar-refractivity contribution in [3.05, 3.63) is 70.8 Å². The molecule has 1 N–H and O–H groups in total. The first-order valence-corrected chi connectivity index (χ1v) is 7.00. The zero-order valence-electron chi connectivity index (χ0n) is 12.4. The number of ether oxygens (including phenoxy) is 1. The standard InChI is InChI=1S/C18H20O3/c1-13-8-9-16(10-14(13)2)11-17(18(19)20)21-12-15-6-4-3-5-7-15/h3-10,17H,11-12H2,1-2H3,(H,19,20)/t17-/m1/s1. The van der Waals surface area contributed by atoms with E-state index < -0.39 is 12.1 Å². The third kappa shape index (κ3) is 4.43. The number of hydrogen-bond donors (Lipinski definition) is 1. The van der Waals surface area contributed by atoms with Gasteiger partial charge in [0.2, 0.25) is 0 Å². The monoisotopic (exact) mass is 284 g/mol. The summed E-state index contributed by atoms with van der Waals surface area (Å²) in [5.74, 6) is -0.927. The first kappa shape index (κ1) is 15.3. The number of carbonyl (C=O) groups is 1. The van der Waals surface area contributed by atoms with Gasteiger partial charge in [0.05, 0.1) is 6.61 Å². The van der Waals surface area contributed by atoms with Crippen LogP contribution >= 0.6 is 0 Å². The van der Waals surface area contributed by atoms with Gasteiger partial charge in [0.25, 0.3) is 0 Å². The quantitative estimate of drug-likeness (QED) is 0.883. The highest BCUT2D eigenvalue weighted by Gasteiger charge is 2.19. The Labute approximate surface area is 125 Å². The van der Waals surface area contributed by atoms with Gasteiger partial charge in [0.1, 0.15) is 0 Å². The Bertz CT molecular complexity index is 605. The number of aryl methyl sites for hydroxylation is 2. The van der Waals surface area contributed by atoms with Crippen LogP contribution < -0.4 is 0 Å². The van der Waals surface area contributed by atoms with E-state index in [1.807, 2.05) is 62.4 Å². The zero-order valence-corrected chi connectivity index (χ0v) is 12.4. The van der Waals surface area contributed by atoms with Crippen molar-refractivity contribution in [2.75, 3.05) is 0 Å². The third-order valence-electron chi connectivity index (χ3n) is 3.56. The molecule has 0 aliphatic rings. The topological polar surface area (TPSA) is 46.5 Å². The van der Waals surface area contributed by atoms with Crippen molar-refractivity contribution in [2.45, 2.75) is 33.0 Å². The molecule has 2 rings (SSSR count). The SMILES string of the molecule is Cc1ccc(C[C@@H](OCc2ccccc2)C(=O)O)cc1C. The van der Waals surface area contributed by atoms with Gasteiger partial charge in [0.15, 0.2) is 6.10 Å². The van der Waals surface area contributed by atoms with Crippen LogP contribution in [0.1, 0.15) is 22.3 Å². The molecule has 1 atom stereocenters. The Hall–Kier alpha value is -2.13. The van der Waals surface area contributed by atoms with Crippen molar-refractivity contribution in [1.82, 2.24) is 0 Å². The Morgan fingerprint density at radius 1 is 1.05 bits per heavy atom. The van der Waals surface area contributed by atoms with Crippen LogP contribution in [-0.2, 0) is 22.6 Å². The van der Waals surface area contributed by atoms with Crippen LogP contribution in [0.2, 0.25) is 0 Å². The van der Waals surface area contributed by atoms with Gasteiger partial charge in [-0.1, -0.05) is 48.5 Å². The summed E-state index contributed by atoms with van der Waals surface area (Å²) in [5.41, 5.74) is 4.33. The van der Waals surface area contributed by atoms with Crippen LogP contribution in [-0.4, -0.2) is 17.2 Å². The van der Waals surface area contributed by atoms with E-state index in [1.54, 1.807) is 0 Å². The van der Waals surface area contributed by atoms with Crippen LogP contribution in [0.25, 0.3) is 0 Å². The van der Waals surface area contributed by atoms with Crippen molar-refractivity contribution in [1.29, 1.82) is 0 Å². The van der Waals surface area contributed by atoms with E-state index in [4.69, 9.17) is 4.74 Å². The van der Waals surface area contributed by atoms with Gasteiger partial charge in [-0.3, -0.25) is 0 Å². The summed E-state index contributed by atoms with van der Waals surface area (Å²) in [5, 5.41) is 9.31. The van der Waals surface area contributed by atoms with E-state index in [1.165, 1.54) is 11.1 Å². The van der Waals surface area contributed by atoms with Gasteiger partial charge in [-0.05, 0) is 36.1 Å². The lowest BCUT2D eigenvalue weighted by Crippen LogP contribution is -2.26. The Morgan fingerprint density at radius 3 is 2.38 bits per heavy atom. The van der Waals surface area contributed by atoms with E-state index in [9.17, 15) is 9.90 Å². The number of rotatable bonds is 6. The number of carboxylic acids is 1. The van der Waals surface area contributed by atoms with E-state index in [0.29, 0.717) is 13.0 Å². The average molecular weight is 284 g/mol. The Kier molecular flexibility index (Phi) is 5.12. The first-order chi connectivity index (χ1) is 10.1. The first-order valence-electron chi connectivity index (χ1n) is 7.00. The predicted molar refractivity (Wildman–Crippen MR) is 82.3 cm³/mol. The second kappa shape index (κ2) is 7.04. The summed E-state index contributed by atoms with van der Waals surface area (Å²) in [7, 11) is 0. The molecule has 0 bridgehead atoms. The molecule has 0 unspecified atom stereocenters. The molecule has 0 saturated carbocycles. The fraction of sp³-hybridized carbons (Fsp3) is 0.278. The second-order valence-electron chi connectivity index (χ2n) is 5.25. The maximum absolute atomic E-state index is 11.4. The smallest absolute Gasteiger partial charge is 0.333 e. The number of benzene rings is 2. The summed E-state index contributed by atoms with van der Waals surface area (Å²) >= 11 is 0. The fourth-order valence-corrected chi connectivity index (χ4v) is 2.13. The van der Waals surface area contributed by atoms with Crippen molar-refractivity contribution in [2.24, 2.45) is 0 Å². The molecule has 0 aliphatic carbocycles. The van der Waals surface area contributed by atoms with Gasteiger partial charge in [0, 0.05) is 6.42 Å². The number of hydrogen-bond acceptors (Lipinski definition) is 2. The molecule has 0 radical (unpaired) electrons. The highest BCUT2D eigenvalue weighted by Crippen LogP contribution is 2.14. The van der Waals surface area contributed by atoms with Gasteiger partial charge < -0.3 is 9.84 Å². The average Bonchev–Trinajstić information content (AvgIpc) is 2.48. The lowest BCUT2D eigenvalue weighted by molar-refractivity contribution is -0.151. The zero-order chi connectivity index (χ0) is 15.2. The third-order valence-corrected chi connectivity index (χ3v) is 3.56. The lowest BCUT2D eigenvalue weighted by Gasteiger charge is -2.14. The summed E-state index contributed by atoms with van der Waals surface area (Å²) < 4.78 is 5.56. The van der Waals surface area contributed by atoms with Crippen LogP contribution in [0, 0.1) is 13.8 Å². The normalized spacial score (nSPS) is 12.1. The minimum atomic E-state index is -0.927. The minimum Gasteiger partial charge on any atom is -0.479 e. The van der Waals surface area contributed by atoms with Crippen LogP contribution in [0.5, 0.6) is 0 Å². The molecule has 3 heteroatoms. The molecule has 110 valence electrons. The molecule has 21 heavy (non-hydrogen) atoms. The molecule has 0 aliphatic heterocycles. The lowest BCUT2D eigenvalue weighted by atomic mass is 10.0. The number of aliphatic carboxylic acids is 1. The highest BCUT2D eigenvalue weighted by atomic mass is 16.5. The maximum Gasteiger partial charge on any atom is 0.333 e. The van der Waals surface area contributed by atoms with Gasteiger partial charge >= 0.3 is 5.97 Å². The van der Waals surface area contributed by atoms with Crippen LogP contribution in [0.3, 0.4) is 0 Å². The van der Waals surface area contributed by atoms with E-state index in [0.717, 1.165) is 11.1 Å². The molecule has 2 aromatic carbocycles. The summed E-state index contributed by atoms with van der Waals surface area (Å²) in [6.45, 7) is 4.38. The highest BCUT2D eigenvalue weighted by molar-refractivity contribution is 5.72. The summed E-state index contributed by atoms with van der Waals surface area (Å²) in [6.07, 6.45) is -0.448. The molecule has 0 heterocycles. The van der Waals surface area contributed by atoms with Crippen LogP contribution in [0.4, 0.5) is 0 Å². The van der Waals surface area contributed by atoms with Gasteiger partial charge in [-0.25, -0.2) is 4.79 Å².